The van der Waals surface area contributed by atoms with Crippen molar-refractivity contribution >= 4 is 23.4 Å². The third-order valence-corrected chi connectivity index (χ3v) is 3.33. The quantitative estimate of drug-likeness (QED) is 0.689. The van der Waals surface area contributed by atoms with Crippen molar-refractivity contribution in [2.75, 3.05) is 19.1 Å². The van der Waals surface area contributed by atoms with Gasteiger partial charge in [0.25, 0.3) is 0 Å². The summed E-state index contributed by atoms with van der Waals surface area (Å²) in [6.07, 6.45) is 3.38. The first kappa shape index (κ1) is 14.2. The molecule has 0 aliphatic heterocycles. The van der Waals surface area contributed by atoms with Gasteiger partial charge in [0.1, 0.15) is 11.3 Å². The van der Waals surface area contributed by atoms with Gasteiger partial charge in [0, 0.05) is 4.90 Å². The molecule has 1 aromatic carbocycles. The van der Waals surface area contributed by atoms with E-state index in [2.05, 4.69) is 4.98 Å². The highest BCUT2D eigenvalue weighted by atomic mass is 32.2. The summed E-state index contributed by atoms with van der Waals surface area (Å²) < 4.78 is 10.4. The van der Waals surface area contributed by atoms with Crippen LogP contribution in [0.1, 0.15) is 10.4 Å². The highest BCUT2D eigenvalue weighted by Crippen LogP contribution is 2.32. The topological polar surface area (TPSA) is 74.4 Å². The van der Waals surface area contributed by atoms with Crippen LogP contribution in [0.15, 0.2) is 41.4 Å². The summed E-state index contributed by atoms with van der Waals surface area (Å²) in [4.78, 5) is 16.7. The van der Waals surface area contributed by atoms with Crippen molar-refractivity contribution in [3.8, 4) is 11.6 Å². The molecular formula is C14H14N2O3S. The largest absolute Gasteiger partial charge is 0.465 e. The first-order chi connectivity index (χ1) is 9.65. The lowest BCUT2D eigenvalue weighted by Gasteiger charge is -2.11. The molecule has 1 heterocycles. The average molecular weight is 290 g/mol. The van der Waals surface area contributed by atoms with Crippen LogP contribution < -0.4 is 10.5 Å². The Morgan fingerprint density at radius 1 is 1.35 bits per heavy atom. The molecule has 5 nitrogen and oxygen atoms in total. The third kappa shape index (κ3) is 3.03. The molecule has 2 N–H and O–H groups in total. The molecule has 0 saturated heterocycles. The van der Waals surface area contributed by atoms with Crippen LogP contribution in [0.3, 0.4) is 0 Å². The van der Waals surface area contributed by atoms with Crippen molar-refractivity contribution in [3.63, 3.8) is 0 Å². The van der Waals surface area contributed by atoms with E-state index >= 15 is 0 Å². The van der Waals surface area contributed by atoms with Crippen LogP contribution in [-0.2, 0) is 4.74 Å². The molecule has 0 aliphatic carbocycles. The lowest BCUT2D eigenvalue weighted by atomic mass is 10.2. The number of rotatable bonds is 4. The molecule has 2 aromatic rings. The number of nitrogens with zero attached hydrogens (tertiary/aromatic N) is 1. The molecule has 0 atom stereocenters. The van der Waals surface area contributed by atoms with Gasteiger partial charge in [0.15, 0.2) is 0 Å². The van der Waals surface area contributed by atoms with E-state index in [0.29, 0.717) is 11.4 Å². The number of aromatic nitrogens is 1. The predicted molar refractivity (Wildman–Crippen MR) is 78.3 cm³/mol. The van der Waals surface area contributed by atoms with E-state index in [9.17, 15) is 4.79 Å². The molecule has 0 unspecified atom stereocenters. The lowest BCUT2D eigenvalue weighted by molar-refractivity contribution is 0.0597. The van der Waals surface area contributed by atoms with E-state index in [1.165, 1.54) is 19.4 Å². The molecule has 104 valence electrons. The zero-order valence-electron chi connectivity index (χ0n) is 11.1. The van der Waals surface area contributed by atoms with Crippen LogP contribution >= 0.6 is 11.8 Å². The molecule has 0 spiro atoms. The minimum atomic E-state index is -0.540. The summed E-state index contributed by atoms with van der Waals surface area (Å²) in [5.74, 6) is 0.261. The number of methoxy groups -OCH3 is 1. The Balaban J connectivity index is 2.40. The maximum absolute atomic E-state index is 11.7. The Bertz CT molecular complexity index is 632. The Kier molecular flexibility index (Phi) is 4.47. The number of hydrogen-bond acceptors (Lipinski definition) is 6. The Morgan fingerprint density at radius 3 is 2.80 bits per heavy atom. The van der Waals surface area contributed by atoms with Gasteiger partial charge in [-0.25, -0.2) is 9.78 Å². The van der Waals surface area contributed by atoms with Crippen molar-refractivity contribution in [2.45, 2.75) is 4.90 Å². The zero-order valence-corrected chi connectivity index (χ0v) is 11.9. The van der Waals surface area contributed by atoms with Crippen LogP contribution in [0.4, 0.5) is 5.69 Å². The molecule has 0 radical (unpaired) electrons. The fourth-order valence-electron chi connectivity index (χ4n) is 1.61. The number of hydrogen-bond donors (Lipinski definition) is 1. The first-order valence-electron chi connectivity index (χ1n) is 5.80. The van der Waals surface area contributed by atoms with Crippen molar-refractivity contribution in [1.82, 2.24) is 4.98 Å². The molecule has 0 saturated carbocycles. The summed E-state index contributed by atoms with van der Waals surface area (Å²) in [5, 5.41) is 0. The number of benzene rings is 1. The smallest absolute Gasteiger partial charge is 0.343 e. The number of para-hydroxylation sites is 1. The Morgan fingerprint density at radius 2 is 2.10 bits per heavy atom. The molecule has 0 bridgehead atoms. The molecule has 0 aliphatic rings. The first-order valence-corrected chi connectivity index (χ1v) is 7.03. The van der Waals surface area contributed by atoms with Gasteiger partial charge < -0.3 is 15.2 Å². The van der Waals surface area contributed by atoms with E-state index in [0.717, 1.165) is 4.90 Å². The summed E-state index contributed by atoms with van der Waals surface area (Å²) in [5.41, 5.74) is 6.21. The van der Waals surface area contributed by atoms with E-state index in [1.54, 1.807) is 11.8 Å². The zero-order chi connectivity index (χ0) is 14.5. The minimum Gasteiger partial charge on any atom is -0.465 e. The second-order valence-electron chi connectivity index (χ2n) is 3.87. The van der Waals surface area contributed by atoms with E-state index in [1.807, 2.05) is 30.5 Å². The number of carbonyl (C=O) groups excluding carboxylic acids is 1. The lowest BCUT2D eigenvalue weighted by Crippen LogP contribution is -2.06. The average Bonchev–Trinajstić information content (AvgIpc) is 2.48. The molecule has 2 rings (SSSR count). The summed E-state index contributed by atoms with van der Waals surface area (Å²) in [6, 6.07) is 8.98. The highest BCUT2D eigenvalue weighted by Gasteiger charge is 2.16. The second-order valence-corrected chi connectivity index (χ2v) is 4.71. The highest BCUT2D eigenvalue weighted by molar-refractivity contribution is 7.98. The summed E-state index contributed by atoms with van der Waals surface area (Å²) in [6.45, 7) is 0. The standard InChI is InChI=1S/C14H14N2O3S/c1-18-14(17)10-7-9(15)8-16-13(10)19-11-5-3-4-6-12(11)20-2/h3-8H,15H2,1-2H3. The normalized spacial score (nSPS) is 10.1. The molecule has 1 aromatic heterocycles. The van der Waals surface area contributed by atoms with Gasteiger partial charge in [0.05, 0.1) is 19.0 Å². The number of carbonyl (C=O) groups is 1. The van der Waals surface area contributed by atoms with Crippen LogP contribution in [0.2, 0.25) is 0 Å². The van der Waals surface area contributed by atoms with Gasteiger partial charge in [0.2, 0.25) is 5.88 Å². The number of nitrogens with two attached hydrogens (primary N) is 1. The monoisotopic (exact) mass is 290 g/mol. The van der Waals surface area contributed by atoms with Gasteiger partial charge in [-0.2, -0.15) is 0 Å². The minimum absolute atomic E-state index is 0.174. The number of nitrogen functional groups attached to an aromatic ring is 1. The van der Waals surface area contributed by atoms with Gasteiger partial charge in [-0.05, 0) is 24.5 Å². The van der Waals surface area contributed by atoms with Crippen LogP contribution in [0.25, 0.3) is 0 Å². The van der Waals surface area contributed by atoms with Crippen molar-refractivity contribution in [3.05, 3.63) is 42.1 Å². The van der Waals surface area contributed by atoms with E-state index < -0.39 is 5.97 Å². The maximum Gasteiger partial charge on any atom is 0.343 e. The summed E-state index contributed by atoms with van der Waals surface area (Å²) in [7, 11) is 1.30. The van der Waals surface area contributed by atoms with Crippen molar-refractivity contribution < 1.29 is 14.3 Å². The third-order valence-electron chi connectivity index (χ3n) is 2.55. The molecule has 0 amide bonds. The van der Waals surface area contributed by atoms with Gasteiger partial charge >= 0.3 is 5.97 Å². The van der Waals surface area contributed by atoms with Crippen LogP contribution in [0.5, 0.6) is 11.6 Å². The van der Waals surface area contributed by atoms with Gasteiger partial charge in [-0.3, -0.25) is 0 Å². The van der Waals surface area contributed by atoms with E-state index in [-0.39, 0.29) is 11.4 Å². The van der Waals surface area contributed by atoms with Crippen molar-refractivity contribution in [2.24, 2.45) is 0 Å². The fraction of sp³-hybridized carbons (Fsp3) is 0.143. The van der Waals surface area contributed by atoms with E-state index in [4.69, 9.17) is 15.2 Å². The fourth-order valence-corrected chi connectivity index (χ4v) is 2.14. The molecular weight excluding hydrogens is 276 g/mol. The summed E-state index contributed by atoms with van der Waals surface area (Å²) >= 11 is 1.54. The molecule has 20 heavy (non-hydrogen) atoms. The number of thioether (sulfide) groups is 1. The number of esters is 1. The van der Waals surface area contributed by atoms with Gasteiger partial charge in [-0.1, -0.05) is 12.1 Å². The molecule has 0 fully saturated rings. The Labute approximate surface area is 121 Å². The predicted octanol–water partition coefficient (Wildman–Crippen LogP) is 2.96. The van der Waals surface area contributed by atoms with Gasteiger partial charge in [-0.15, -0.1) is 11.8 Å². The van der Waals surface area contributed by atoms with Crippen LogP contribution in [-0.4, -0.2) is 24.3 Å². The van der Waals surface area contributed by atoms with Crippen LogP contribution in [0, 0.1) is 0 Å². The SMILES string of the molecule is COC(=O)c1cc(N)cnc1Oc1ccccc1SC. The Hall–Kier alpha value is -2.21. The number of ether oxygens (including phenoxy) is 2. The second kappa shape index (κ2) is 6.29. The number of pyridine rings is 1. The number of anilines is 1. The van der Waals surface area contributed by atoms with Crippen molar-refractivity contribution in [1.29, 1.82) is 0 Å². The maximum atomic E-state index is 11.7. The molecule has 6 heteroatoms.